The van der Waals surface area contributed by atoms with Crippen molar-refractivity contribution in [2.45, 2.75) is 38.4 Å². The Hall–Kier alpha value is -0.546. The highest BCUT2D eigenvalue weighted by Crippen LogP contribution is 2.10. The summed E-state index contributed by atoms with van der Waals surface area (Å²) in [6, 6.07) is 0. The summed E-state index contributed by atoms with van der Waals surface area (Å²) in [4.78, 5) is 20.9. The van der Waals surface area contributed by atoms with E-state index in [0.29, 0.717) is 78.3 Å². The number of carbonyl (C=O) groups is 2. The van der Waals surface area contributed by atoms with E-state index in [4.69, 9.17) is 37.3 Å². The molecule has 2 aliphatic rings. The third-order valence-electron chi connectivity index (χ3n) is 3.99. The Balaban J connectivity index is 0.000000396. The highest BCUT2D eigenvalue weighted by molar-refractivity contribution is 7.06. The number of hydrogen-bond donors (Lipinski definition) is 0. The predicted molar refractivity (Wildman–Crippen MR) is 123 cm³/mol. The number of hydrogen-bond acceptors (Lipinski definition) is 10. The Kier molecular flexibility index (Phi) is 15.6. The molecule has 2 rings (SSSR count). The smallest absolute Gasteiger partial charge is 0.244 e. The molecule has 2 unspecified atom stereocenters. The zero-order valence-electron chi connectivity index (χ0n) is 19.9. The Labute approximate surface area is 193 Å². The first-order valence-corrected chi connectivity index (χ1v) is 17.0. The summed E-state index contributed by atoms with van der Waals surface area (Å²) < 4.78 is 42.3. The molecule has 2 fully saturated rings. The van der Waals surface area contributed by atoms with Crippen molar-refractivity contribution < 1.29 is 46.9 Å². The molecule has 0 aromatic heterocycles. The maximum Gasteiger partial charge on any atom is 0.244 e. The standard InChI is InChI=1S/C14H26O7.C6H14O3Si2/c1(3-16-5-7-18-9-13-11-20-13)15-2-4-17-6-8-19-10-14-12-21-14;1-10(2,5-7)9-11(3,4)6-8/h13-14H,1-12H2;5-6H,1-4H3. The molecule has 2 heterocycles. The van der Waals surface area contributed by atoms with Crippen molar-refractivity contribution in [3.05, 3.63) is 0 Å². The lowest BCUT2D eigenvalue weighted by atomic mass is 10.5. The molecule has 188 valence electrons. The average molecular weight is 497 g/mol. The molecule has 0 amide bonds. The third kappa shape index (κ3) is 19.0. The largest absolute Gasteiger partial charge is 0.446 e. The lowest BCUT2D eigenvalue weighted by Gasteiger charge is -2.24. The van der Waals surface area contributed by atoms with Gasteiger partial charge in [0.15, 0.2) is 0 Å². The highest BCUT2D eigenvalue weighted by atomic mass is 28.4. The van der Waals surface area contributed by atoms with E-state index in [1.807, 2.05) is 0 Å². The normalized spacial score (nSPS) is 19.8. The monoisotopic (exact) mass is 496 g/mol. The fraction of sp³-hybridized carbons (Fsp3) is 0.900. The van der Waals surface area contributed by atoms with Gasteiger partial charge >= 0.3 is 0 Å². The van der Waals surface area contributed by atoms with Crippen LogP contribution in [0.2, 0.25) is 26.2 Å². The molecule has 12 heteroatoms. The second-order valence-corrected chi connectivity index (χ2v) is 16.1. The van der Waals surface area contributed by atoms with E-state index < -0.39 is 16.6 Å². The van der Waals surface area contributed by atoms with E-state index in [-0.39, 0.29) is 0 Å². The summed E-state index contributed by atoms with van der Waals surface area (Å²) in [5.41, 5.74) is 0. The first-order valence-electron chi connectivity index (χ1n) is 11.0. The van der Waals surface area contributed by atoms with Crippen LogP contribution in [-0.2, 0) is 46.9 Å². The molecule has 0 radical (unpaired) electrons. The Morgan fingerprint density at radius 2 is 0.906 bits per heavy atom. The van der Waals surface area contributed by atoms with Gasteiger partial charge in [0.05, 0.1) is 79.3 Å². The quantitative estimate of drug-likeness (QED) is 0.104. The molecule has 10 nitrogen and oxygen atoms in total. The van der Waals surface area contributed by atoms with Crippen molar-refractivity contribution in [3.63, 3.8) is 0 Å². The highest BCUT2D eigenvalue weighted by Gasteiger charge is 2.32. The van der Waals surface area contributed by atoms with Crippen molar-refractivity contribution in [2.75, 3.05) is 79.3 Å². The molecule has 2 saturated heterocycles. The van der Waals surface area contributed by atoms with E-state index >= 15 is 0 Å². The number of rotatable bonds is 20. The van der Waals surface area contributed by atoms with E-state index in [1.165, 1.54) is 0 Å². The topological polar surface area (TPSA) is 115 Å². The summed E-state index contributed by atoms with van der Waals surface area (Å²) in [5.74, 6) is 1.70. The fourth-order valence-corrected chi connectivity index (χ4v) is 8.07. The van der Waals surface area contributed by atoms with Gasteiger partial charge in [0, 0.05) is 0 Å². The van der Waals surface area contributed by atoms with E-state index in [9.17, 15) is 9.59 Å². The summed E-state index contributed by atoms with van der Waals surface area (Å²) in [7, 11) is -4.37. The average Bonchev–Trinajstić information content (AvgIpc) is 3.66. The van der Waals surface area contributed by atoms with E-state index in [1.54, 1.807) is 26.2 Å². The molecule has 0 saturated carbocycles. The van der Waals surface area contributed by atoms with Crippen LogP contribution in [0.25, 0.3) is 0 Å². The molecule has 0 bridgehead atoms. The lowest BCUT2D eigenvalue weighted by molar-refractivity contribution is -0.0127. The minimum absolute atomic E-state index is 0.320. The van der Waals surface area contributed by atoms with Gasteiger partial charge < -0.3 is 46.9 Å². The molecular weight excluding hydrogens is 456 g/mol. The van der Waals surface area contributed by atoms with Gasteiger partial charge in [-0.1, -0.05) is 0 Å². The predicted octanol–water partition coefficient (Wildman–Crippen LogP) is 0.824. The van der Waals surface area contributed by atoms with Crippen molar-refractivity contribution in [1.29, 1.82) is 0 Å². The van der Waals surface area contributed by atoms with Crippen molar-refractivity contribution >= 4 is 28.5 Å². The van der Waals surface area contributed by atoms with Gasteiger partial charge in [-0.05, 0) is 26.2 Å². The van der Waals surface area contributed by atoms with Gasteiger partial charge in [-0.3, -0.25) is 0 Å². The maximum absolute atomic E-state index is 10.5. The first kappa shape index (κ1) is 29.5. The Morgan fingerprint density at radius 3 is 1.16 bits per heavy atom. The van der Waals surface area contributed by atoms with Crippen molar-refractivity contribution in [1.82, 2.24) is 0 Å². The van der Waals surface area contributed by atoms with Crippen LogP contribution in [-0.4, -0.2) is 120 Å². The van der Waals surface area contributed by atoms with Crippen LogP contribution < -0.4 is 0 Å². The van der Waals surface area contributed by atoms with Gasteiger partial charge in [0.2, 0.25) is 16.6 Å². The first-order chi connectivity index (χ1) is 15.3. The number of ether oxygens (including phenoxy) is 7. The molecule has 0 aromatic rings. The number of carbonyl (C=O) groups excluding carboxylic acids is 2. The van der Waals surface area contributed by atoms with E-state index in [0.717, 1.165) is 25.0 Å². The Morgan fingerprint density at radius 1 is 0.625 bits per heavy atom. The Bertz CT molecular complexity index is 457. The SMILES string of the molecule is C(COCCOCC1CO1)OCCOCCOCC1CO1.C[Si](C)(C=O)O[Si](C)(C)C=O. The fourth-order valence-electron chi connectivity index (χ4n) is 2.26. The summed E-state index contributed by atoms with van der Waals surface area (Å²) in [6.45, 7) is 14.9. The molecule has 0 spiro atoms. The van der Waals surface area contributed by atoms with Crippen LogP contribution in [0.5, 0.6) is 0 Å². The van der Waals surface area contributed by atoms with Crippen molar-refractivity contribution in [2.24, 2.45) is 0 Å². The third-order valence-corrected chi connectivity index (χ3v) is 9.34. The van der Waals surface area contributed by atoms with Crippen LogP contribution in [0.15, 0.2) is 0 Å². The van der Waals surface area contributed by atoms with Gasteiger partial charge in [-0.2, -0.15) is 0 Å². The zero-order valence-corrected chi connectivity index (χ0v) is 21.9. The molecule has 0 aliphatic carbocycles. The molecular formula is C20H40O10Si2. The van der Waals surface area contributed by atoms with Crippen LogP contribution in [0.3, 0.4) is 0 Å². The van der Waals surface area contributed by atoms with Gasteiger partial charge in [0.1, 0.15) is 24.0 Å². The van der Waals surface area contributed by atoms with Crippen LogP contribution in [0.1, 0.15) is 0 Å². The second kappa shape index (κ2) is 17.0. The number of epoxide rings is 2. The maximum atomic E-state index is 10.5. The molecule has 0 aromatic carbocycles. The van der Waals surface area contributed by atoms with Crippen LogP contribution in [0.4, 0.5) is 0 Å². The van der Waals surface area contributed by atoms with Gasteiger partial charge in [0.25, 0.3) is 0 Å². The second-order valence-electron chi connectivity index (χ2n) is 8.44. The van der Waals surface area contributed by atoms with E-state index in [2.05, 4.69) is 0 Å². The zero-order chi connectivity index (χ0) is 23.7. The minimum Gasteiger partial charge on any atom is -0.446 e. The molecule has 0 N–H and O–H groups in total. The van der Waals surface area contributed by atoms with Crippen LogP contribution >= 0.6 is 0 Å². The molecule has 2 aliphatic heterocycles. The van der Waals surface area contributed by atoms with Gasteiger partial charge in [-0.15, -0.1) is 0 Å². The minimum atomic E-state index is -2.18. The summed E-state index contributed by atoms with van der Waals surface area (Å²) in [5, 5.41) is 0. The summed E-state index contributed by atoms with van der Waals surface area (Å²) in [6.07, 6.45) is 0.640. The van der Waals surface area contributed by atoms with Gasteiger partial charge in [-0.25, -0.2) is 0 Å². The molecule has 32 heavy (non-hydrogen) atoms. The van der Waals surface area contributed by atoms with Crippen LogP contribution in [0, 0.1) is 0 Å². The summed E-state index contributed by atoms with van der Waals surface area (Å²) >= 11 is 0. The molecule has 2 atom stereocenters. The van der Waals surface area contributed by atoms with Crippen molar-refractivity contribution in [3.8, 4) is 0 Å². The lowest BCUT2D eigenvalue weighted by Crippen LogP contribution is -2.47.